The summed E-state index contributed by atoms with van der Waals surface area (Å²) < 4.78 is 7.21. The van der Waals surface area contributed by atoms with Crippen LogP contribution in [0.2, 0.25) is 5.02 Å². The Morgan fingerprint density at radius 1 is 1.23 bits per heavy atom. The number of hydrogen-bond donors (Lipinski definition) is 1. The molecule has 0 aliphatic heterocycles. The molecule has 0 aliphatic rings. The van der Waals surface area contributed by atoms with Crippen molar-refractivity contribution < 1.29 is 9.32 Å². The van der Waals surface area contributed by atoms with Crippen LogP contribution in [0.5, 0.6) is 0 Å². The average Bonchev–Trinajstić information content (AvgIpc) is 3.43. The number of carbonyl (C=O) groups excluding carboxylic acids is 1. The number of thiophene rings is 1. The van der Waals surface area contributed by atoms with Crippen molar-refractivity contribution in [2.75, 3.05) is 6.54 Å². The van der Waals surface area contributed by atoms with Crippen LogP contribution in [0.1, 0.15) is 27.5 Å². The standard InChI is InChI=1S/C22H21ClN4O2S/c1-13-19(16-8-11-30-12-16)14(2)27(25-13)10-9-24-22(28)20-15(3)29-26-21(20)17-6-4-5-7-18(17)23/h4-8,11-12H,9-10H2,1-3H3,(H,24,28). The topological polar surface area (TPSA) is 73.0 Å². The first-order valence-corrected chi connectivity index (χ1v) is 10.9. The van der Waals surface area contributed by atoms with Crippen molar-refractivity contribution in [3.63, 3.8) is 0 Å². The van der Waals surface area contributed by atoms with Crippen LogP contribution in [0.3, 0.4) is 0 Å². The van der Waals surface area contributed by atoms with Gasteiger partial charge in [-0.15, -0.1) is 0 Å². The van der Waals surface area contributed by atoms with Crippen LogP contribution in [-0.4, -0.2) is 27.4 Å². The van der Waals surface area contributed by atoms with Gasteiger partial charge in [0.25, 0.3) is 5.91 Å². The second-order valence-corrected chi connectivity index (χ2v) is 8.17. The van der Waals surface area contributed by atoms with Gasteiger partial charge in [-0.05, 0) is 49.2 Å². The molecule has 8 heteroatoms. The van der Waals surface area contributed by atoms with Gasteiger partial charge in [0.1, 0.15) is 17.0 Å². The minimum atomic E-state index is -0.247. The summed E-state index contributed by atoms with van der Waals surface area (Å²) in [7, 11) is 0. The van der Waals surface area contributed by atoms with Crippen molar-refractivity contribution in [1.29, 1.82) is 0 Å². The molecule has 0 bridgehead atoms. The Balaban J connectivity index is 1.49. The van der Waals surface area contributed by atoms with Gasteiger partial charge in [0.2, 0.25) is 0 Å². The number of halogens is 1. The molecule has 3 heterocycles. The lowest BCUT2D eigenvalue weighted by Crippen LogP contribution is -2.28. The van der Waals surface area contributed by atoms with Gasteiger partial charge in [0.15, 0.2) is 0 Å². The predicted molar refractivity (Wildman–Crippen MR) is 119 cm³/mol. The highest BCUT2D eigenvalue weighted by molar-refractivity contribution is 7.08. The second kappa shape index (κ2) is 8.45. The van der Waals surface area contributed by atoms with E-state index < -0.39 is 0 Å². The average molecular weight is 441 g/mol. The molecule has 0 aliphatic carbocycles. The van der Waals surface area contributed by atoms with E-state index in [2.05, 4.69) is 39.3 Å². The Kier molecular flexibility index (Phi) is 5.74. The fourth-order valence-electron chi connectivity index (χ4n) is 3.58. The van der Waals surface area contributed by atoms with Crippen molar-refractivity contribution in [2.45, 2.75) is 27.3 Å². The van der Waals surface area contributed by atoms with Gasteiger partial charge < -0.3 is 9.84 Å². The summed E-state index contributed by atoms with van der Waals surface area (Å²) in [6, 6.07) is 9.35. The lowest BCUT2D eigenvalue weighted by molar-refractivity contribution is 0.0951. The quantitative estimate of drug-likeness (QED) is 0.443. The molecule has 0 saturated heterocycles. The fourth-order valence-corrected chi connectivity index (χ4v) is 4.45. The van der Waals surface area contributed by atoms with Gasteiger partial charge >= 0.3 is 0 Å². The largest absolute Gasteiger partial charge is 0.360 e. The van der Waals surface area contributed by atoms with E-state index >= 15 is 0 Å². The molecule has 0 unspecified atom stereocenters. The van der Waals surface area contributed by atoms with Crippen LogP contribution in [0.15, 0.2) is 45.6 Å². The molecule has 0 saturated carbocycles. The Morgan fingerprint density at radius 3 is 2.77 bits per heavy atom. The highest BCUT2D eigenvalue weighted by atomic mass is 35.5. The number of hydrogen-bond acceptors (Lipinski definition) is 5. The number of rotatable bonds is 6. The molecular formula is C22H21ClN4O2S. The predicted octanol–water partition coefficient (Wildman–Crippen LogP) is 5.28. The minimum absolute atomic E-state index is 0.247. The number of nitrogens with zero attached hydrogens (tertiary/aromatic N) is 3. The molecule has 0 fully saturated rings. The van der Waals surface area contributed by atoms with Gasteiger partial charge in [-0.1, -0.05) is 35.0 Å². The number of aromatic nitrogens is 3. The van der Waals surface area contributed by atoms with E-state index in [1.54, 1.807) is 24.3 Å². The zero-order valence-electron chi connectivity index (χ0n) is 16.9. The van der Waals surface area contributed by atoms with Crippen LogP contribution < -0.4 is 5.32 Å². The van der Waals surface area contributed by atoms with Gasteiger partial charge in [0.05, 0.1) is 17.3 Å². The van der Waals surface area contributed by atoms with Crippen molar-refractivity contribution >= 4 is 28.8 Å². The first kappa shape index (κ1) is 20.4. The number of aryl methyl sites for hydroxylation is 2. The Bertz CT molecular complexity index is 1190. The zero-order chi connectivity index (χ0) is 21.3. The number of nitrogens with one attached hydrogen (secondary N) is 1. The third-order valence-electron chi connectivity index (χ3n) is 5.02. The number of benzene rings is 1. The second-order valence-electron chi connectivity index (χ2n) is 6.98. The van der Waals surface area contributed by atoms with Crippen LogP contribution in [0, 0.1) is 20.8 Å². The Hall–Kier alpha value is -2.90. The maximum atomic E-state index is 12.9. The normalized spacial score (nSPS) is 11.1. The van der Waals surface area contributed by atoms with E-state index in [0.29, 0.717) is 40.7 Å². The smallest absolute Gasteiger partial charge is 0.257 e. The summed E-state index contributed by atoms with van der Waals surface area (Å²) >= 11 is 7.95. The first-order chi connectivity index (χ1) is 14.5. The van der Waals surface area contributed by atoms with E-state index in [4.69, 9.17) is 16.1 Å². The van der Waals surface area contributed by atoms with E-state index in [1.807, 2.05) is 29.8 Å². The molecular weight excluding hydrogens is 420 g/mol. The first-order valence-electron chi connectivity index (χ1n) is 9.53. The third-order valence-corrected chi connectivity index (χ3v) is 6.03. The molecule has 0 atom stereocenters. The molecule has 1 aromatic carbocycles. The molecule has 30 heavy (non-hydrogen) atoms. The zero-order valence-corrected chi connectivity index (χ0v) is 18.5. The summed E-state index contributed by atoms with van der Waals surface area (Å²) in [4.78, 5) is 12.9. The SMILES string of the molecule is Cc1nn(CCNC(=O)c2c(-c3ccccc3Cl)noc2C)c(C)c1-c1ccsc1. The molecule has 0 radical (unpaired) electrons. The highest BCUT2D eigenvalue weighted by Gasteiger charge is 2.23. The van der Waals surface area contributed by atoms with Crippen molar-refractivity contribution in [3.8, 4) is 22.4 Å². The number of amides is 1. The fraction of sp³-hybridized carbons (Fsp3) is 0.227. The molecule has 1 amide bonds. The van der Waals surface area contributed by atoms with Crippen LogP contribution in [0.25, 0.3) is 22.4 Å². The highest BCUT2D eigenvalue weighted by Crippen LogP contribution is 2.31. The summed E-state index contributed by atoms with van der Waals surface area (Å²) in [5.74, 6) is 0.205. The minimum Gasteiger partial charge on any atom is -0.360 e. The van der Waals surface area contributed by atoms with Gasteiger partial charge in [-0.25, -0.2) is 0 Å². The van der Waals surface area contributed by atoms with Crippen molar-refractivity contribution in [1.82, 2.24) is 20.3 Å². The Labute approximate surface area is 183 Å². The lowest BCUT2D eigenvalue weighted by Gasteiger charge is -2.08. The molecule has 154 valence electrons. The molecule has 0 spiro atoms. The van der Waals surface area contributed by atoms with E-state index in [1.165, 1.54) is 5.56 Å². The maximum Gasteiger partial charge on any atom is 0.257 e. The van der Waals surface area contributed by atoms with Gasteiger partial charge in [-0.3, -0.25) is 9.48 Å². The Morgan fingerprint density at radius 2 is 2.03 bits per heavy atom. The van der Waals surface area contributed by atoms with E-state index in [9.17, 15) is 4.79 Å². The van der Waals surface area contributed by atoms with Crippen molar-refractivity contribution in [3.05, 3.63) is 68.8 Å². The molecule has 6 nitrogen and oxygen atoms in total. The lowest BCUT2D eigenvalue weighted by atomic mass is 10.1. The van der Waals surface area contributed by atoms with Crippen LogP contribution in [-0.2, 0) is 6.54 Å². The van der Waals surface area contributed by atoms with Crippen molar-refractivity contribution in [2.24, 2.45) is 0 Å². The van der Waals surface area contributed by atoms with Crippen LogP contribution in [0.4, 0.5) is 0 Å². The monoisotopic (exact) mass is 440 g/mol. The molecule has 4 rings (SSSR count). The van der Waals surface area contributed by atoms with Gasteiger partial charge in [-0.2, -0.15) is 16.4 Å². The van der Waals surface area contributed by atoms with Crippen LogP contribution >= 0.6 is 22.9 Å². The third kappa shape index (κ3) is 3.78. The molecule has 4 aromatic rings. The summed E-state index contributed by atoms with van der Waals surface area (Å²) in [5.41, 5.74) is 5.90. The summed E-state index contributed by atoms with van der Waals surface area (Å²) in [5, 5.41) is 16.3. The maximum absolute atomic E-state index is 12.9. The van der Waals surface area contributed by atoms with Gasteiger partial charge in [0, 0.05) is 23.4 Å². The summed E-state index contributed by atoms with van der Waals surface area (Å²) in [6.45, 7) is 6.76. The number of carbonyl (C=O) groups is 1. The molecule has 1 N–H and O–H groups in total. The molecule has 3 aromatic heterocycles. The van der Waals surface area contributed by atoms with E-state index in [0.717, 1.165) is 17.0 Å². The van der Waals surface area contributed by atoms with E-state index in [-0.39, 0.29) is 5.91 Å². The summed E-state index contributed by atoms with van der Waals surface area (Å²) in [6.07, 6.45) is 0.